The van der Waals surface area contributed by atoms with Gasteiger partial charge in [0.2, 0.25) is 5.88 Å². The Balaban J connectivity index is 1.53. The number of benzene rings is 1. The fourth-order valence-corrected chi connectivity index (χ4v) is 5.20. The molecule has 13 nitrogen and oxygen atoms in total. The first-order valence-corrected chi connectivity index (χ1v) is 15.1. The van der Waals surface area contributed by atoms with Crippen molar-refractivity contribution in [1.82, 2.24) is 9.97 Å². The van der Waals surface area contributed by atoms with Crippen molar-refractivity contribution in [3.63, 3.8) is 0 Å². The van der Waals surface area contributed by atoms with Gasteiger partial charge in [-0.15, -0.1) is 0 Å². The van der Waals surface area contributed by atoms with E-state index in [4.69, 9.17) is 18.9 Å². The summed E-state index contributed by atoms with van der Waals surface area (Å²) in [5.41, 5.74) is 1.61. The second-order valence-corrected chi connectivity index (χ2v) is 13.3. The number of pyridine rings is 2. The minimum absolute atomic E-state index is 0.107. The molecule has 1 aliphatic heterocycles. The molecule has 0 atom stereocenters. The van der Waals surface area contributed by atoms with Gasteiger partial charge >= 0.3 is 18.3 Å². The van der Waals surface area contributed by atoms with Crippen molar-refractivity contribution in [2.24, 2.45) is 4.99 Å². The van der Waals surface area contributed by atoms with Gasteiger partial charge in [0, 0.05) is 36.2 Å². The standard InChI is InChI=1S/C33H40N6O7/c1-18-23(16-36-28-27(18)39(9-10-43-28)31(42)46-33(5,6)7)19-11-20-13-26(38-29(40)44-22-14-21(15-22)34-8)35-17-24(20)25(12-19)37-30(41)45-32(2,3)4/h11-13,16-17,21-22H,8-10,14-15H2,1-7H3,(H,37,41)(H,35,38,40). The molecule has 46 heavy (non-hydrogen) atoms. The lowest BCUT2D eigenvalue weighted by Gasteiger charge is -2.32. The van der Waals surface area contributed by atoms with Gasteiger partial charge in [0.1, 0.15) is 35.4 Å². The summed E-state index contributed by atoms with van der Waals surface area (Å²) in [5.74, 6) is 0.586. The second kappa shape index (κ2) is 12.5. The second-order valence-electron chi connectivity index (χ2n) is 13.3. The van der Waals surface area contributed by atoms with Crippen molar-refractivity contribution in [3.05, 3.63) is 36.2 Å². The Hall–Kier alpha value is -4.94. The van der Waals surface area contributed by atoms with Gasteiger partial charge in [0.05, 0.1) is 18.3 Å². The zero-order valence-corrected chi connectivity index (χ0v) is 27.2. The first-order chi connectivity index (χ1) is 21.6. The summed E-state index contributed by atoms with van der Waals surface area (Å²) < 4.78 is 22.5. The Morgan fingerprint density at radius 1 is 0.978 bits per heavy atom. The number of fused-ring (bicyclic) bond motifs is 2. The van der Waals surface area contributed by atoms with Crippen LogP contribution in [0.3, 0.4) is 0 Å². The first kappa shape index (κ1) is 32.5. The lowest BCUT2D eigenvalue weighted by atomic mass is 9.90. The maximum atomic E-state index is 13.2. The third-order valence-electron chi connectivity index (χ3n) is 7.33. The topological polar surface area (TPSA) is 154 Å². The highest BCUT2D eigenvalue weighted by atomic mass is 16.6. The van der Waals surface area contributed by atoms with Crippen LogP contribution in [-0.2, 0) is 14.2 Å². The van der Waals surface area contributed by atoms with E-state index in [1.165, 1.54) is 4.90 Å². The van der Waals surface area contributed by atoms with Crippen LogP contribution in [-0.4, -0.2) is 71.5 Å². The van der Waals surface area contributed by atoms with Crippen LogP contribution in [0, 0.1) is 6.92 Å². The number of aromatic nitrogens is 2. The van der Waals surface area contributed by atoms with E-state index >= 15 is 0 Å². The molecule has 2 aliphatic rings. The van der Waals surface area contributed by atoms with Crippen LogP contribution in [0.15, 0.2) is 35.6 Å². The molecule has 3 amide bonds. The van der Waals surface area contributed by atoms with Crippen molar-refractivity contribution >= 4 is 53.0 Å². The number of anilines is 3. The molecule has 2 N–H and O–H groups in total. The highest BCUT2D eigenvalue weighted by Crippen LogP contribution is 2.41. The Bertz CT molecular complexity index is 1690. The van der Waals surface area contributed by atoms with Crippen molar-refractivity contribution in [2.75, 3.05) is 28.7 Å². The number of aliphatic imine (C=N–C) groups is 1. The third kappa shape index (κ3) is 7.47. The number of hydrogen-bond donors (Lipinski definition) is 2. The molecule has 1 aromatic carbocycles. The summed E-state index contributed by atoms with van der Waals surface area (Å²) in [6, 6.07) is 5.47. The third-order valence-corrected chi connectivity index (χ3v) is 7.33. The predicted octanol–water partition coefficient (Wildman–Crippen LogP) is 6.87. The Kier molecular flexibility index (Phi) is 8.78. The summed E-state index contributed by atoms with van der Waals surface area (Å²) in [5, 5.41) is 6.79. The number of carbonyl (C=O) groups is 3. The number of nitrogens with one attached hydrogen (secondary N) is 2. The maximum absolute atomic E-state index is 13.2. The molecule has 1 saturated carbocycles. The molecule has 0 spiro atoms. The summed E-state index contributed by atoms with van der Waals surface area (Å²) in [4.78, 5) is 53.1. The summed E-state index contributed by atoms with van der Waals surface area (Å²) in [6.45, 7) is 16.7. The number of ether oxygens (including phenoxy) is 4. The van der Waals surface area contributed by atoms with Crippen LogP contribution in [0.25, 0.3) is 21.9 Å². The molecule has 244 valence electrons. The molecule has 0 unspecified atom stereocenters. The van der Waals surface area contributed by atoms with E-state index in [9.17, 15) is 14.4 Å². The molecule has 0 radical (unpaired) electrons. The van der Waals surface area contributed by atoms with E-state index in [2.05, 4.69) is 32.3 Å². The lowest BCUT2D eigenvalue weighted by Crippen LogP contribution is -2.42. The van der Waals surface area contributed by atoms with Crippen LogP contribution >= 0.6 is 0 Å². The van der Waals surface area contributed by atoms with Crippen LogP contribution in [0.2, 0.25) is 0 Å². The van der Waals surface area contributed by atoms with Gasteiger partial charge < -0.3 is 18.9 Å². The van der Waals surface area contributed by atoms with E-state index in [0.717, 1.165) is 5.56 Å². The smallest absolute Gasteiger partial charge is 0.415 e. The van der Waals surface area contributed by atoms with E-state index in [0.29, 0.717) is 58.5 Å². The zero-order chi connectivity index (χ0) is 33.4. The first-order valence-electron chi connectivity index (χ1n) is 15.1. The highest BCUT2D eigenvalue weighted by Gasteiger charge is 2.33. The number of carbonyl (C=O) groups excluding carboxylic acids is 3. The van der Waals surface area contributed by atoms with Crippen molar-refractivity contribution in [1.29, 1.82) is 0 Å². The molecule has 2 aromatic heterocycles. The van der Waals surface area contributed by atoms with Crippen molar-refractivity contribution in [2.45, 2.75) is 84.7 Å². The summed E-state index contributed by atoms with van der Waals surface area (Å²) >= 11 is 0. The zero-order valence-electron chi connectivity index (χ0n) is 27.2. The van der Waals surface area contributed by atoms with Gasteiger partial charge in [0.15, 0.2) is 0 Å². The average molecular weight is 633 g/mol. The molecule has 0 bridgehead atoms. The number of nitrogens with zero attached hydrogens (tertiary/aromatic N) is 4. The van der Waals surface area contributed by atoms with E-state index < -0.39 is 29.5 Å². The number of hydrogen-bond acceptors (Lipinski definition) is 10. The Labute approximate surface area is 267 Å². The molecule has 1 fully saturated rings. The predicted molar refractivity (Wildman–Crippen MR) is 175 cm³/mol. The monoisotopic (exact) mass is 632 g/mol. The van der Waals surface area contributed by atoms with Crippen LogP contribution < -0.4 is 20.3 Å². The van der Waals surface area contributed by atoms with Gasteiger partial charge in [-0.3, -0.25) is 20.5 Å². The molecule has 3 aromatic rings. The fourth-order valence-electron chi connectivity index (χ4n) is 5.20. The SMILES string of the molecule is C=NC1CC(OC(=O)Nc2cc3cc(-c4cnc5c(c4C)N(C(=O)OC(C)(C)C)CCO5)cc(NC(=O)OC(C)(C)C)c3cn2)C1. The van der Waals surface area contributed by atoms with Gasteiger partial charge in [0.25, 0.3) is 0 Å². The minimum atomic E-state index is -0.723. The van der Waals surface area contributed by atoms with Crippen LogP contribution in [0.5, 0.6) is 5.88 Å². The lowest BCUT2D eigenvalue weighted by molar-refractivity contribution is 0.0508. The molecule has 5 rings (SSSR count). The van der Waals surface area contributed by atoms with Gasteiger partial charge in [-0.1, -0.05) is 0 Å². The average Bonchev–Trinajstić information content (AvgIpc) is 2.92. The summed E-state index contributed by atoms with van der Waals surface area (Å²) in [7, 11) is 0. The molecule has 0 saturated heterocycles. The van der Waals surface area contributed by atoms with E-state index in [1.54, 1.807) is 45.3 Å². The highest BCUT2D eigenvalue weighted by molar-refractivity contribution is 6.04. The fraction of sp³-hybridized carbons (Fsp3) is 0.455. The largest absolute Gasteiger partial charge is 0.474 e. The van der Waals surface area contributed by atoms with Crippen molar-refractivity contribution in [3.8, 4) is 17.0 Å². The van der Waals surface area contributed by atoms with Crippen molar-refractivity contribution < 1.29 is 33.3 Å². The van der Waals surface area contributed by atoms with Crippen LogP contribution in [0.1, 0.15) is 59.9 Å². The quantitative estimate of drug-likeness (QED) is 0.227. The van der Waals surface area contributed by atoms with Crippen LogP contribution in [0.4, 0.5) is 31.6 Å². The van der Waals surface area contributed by atoms with Gasteiger partial charge in [-0.2, -0.15) is 0 Å². The number of amides is 3. The molecule has 1 aliphatic carbocycles. The number of rotatable bonds is 5. The molecule has 3 heterocycles. The molecular weight excluding hydrogens is 592 g/mol. The van der Waals surface area contributed by atoms with E-state index in [1.807, 2.05) is 33.8 Å². The van der Waals surface area contributed by atoms with Gasteiger partial charge in [-0.05, 0) is 89.9 Å². The van der Waals surface area contributed by atoms with E-state index in [-0.39, 0.29) is 24.6 Å². The van der Waals surface area contributed by atoms with Gasteiger partial charge in [-0.25, -0.2) is 24.4 Å². The maximum Gasteiger partial charge on any atom is 0.415 e. The molecule has 13 heteroatoms. The minimum Gasteiger partial charge on any atom is -0.474 e. The summed E-state index contributed by atoms with van der Waals surface area (Å²) in [6.07, 6.45) is 2.48. The Morgan fingerprint density at radius 2 is 1.70 bits per heavy atom. The Morgan fingerprint density at radius 3 is 2.37 bits per heavy atom. The normalized spacial score (nSPS) is 17.6. The molecular formula is C33H40N6O7.